The van der Waals surface area contributed by atoms with Gasteiger partial charge in [0.25, 0.3) is 0 Å². The second-order valence-electron chi connectivity index (χ2n) is 9.33. The highest BCUT2D eigenvalue weighted by Crippen LogP contribution is 2.14. The average Bonchev–Trinajstić information content (AvgIpc) is 3.08. The molecular formula is C23H38IN5O3. The Labute approximate surface area is 209 Å². The minimum atomic E-state index is -0.511. The predicted molar refractivity (Wildman–Crippen MR) is 139 cm³/mol. The molecule has 1 heterocycles. The lowest BCUT2D eigenvalue weighted by molar-refractivity contribution is -0.116. The zero-order valence-electron chi connectivity index (χ0n) is 20.0. The van der Waals surface area contributed by atoms with Crippen LogP contribution in [0.3, 0.4) is 0 Å². The van der Waals surface area contributed by atoms with Gasteiger partial charge in [-0.1, -0.05) is 26.0 Å². The van der Waals surface area contributed by atoms with Gasteiger partial charge in [-0.3, -0.25) is 9.79 Å². The maximum atomic E-state index is 12.0. The van der Waals surface area contributed by atoms with Crippen LogP contribution < -0.4 is 16.0 Å². The van der Waals surface area contributed by atoms with Crippen LogP contribution >= 0.6 is 24.0 Å². The highest BCUT2D eigenvalue weighted by Gasteiger charge is 2.27. The number of benzene rings is 1. The Morgan fingerprint density at radius 2 is 2.00 bits per heavy atom. The number of carbonyl (C=O) groups is 2. The van der Waals surface area contributed by atoms with Crippen LogP contribution in [-0.2, 0) is 16.1 Å². The van der Waals surface area contributed by atoms with E-state index in [1.165, 1.54) is 0 Å². The van der Waals surface area contributed by atoms with Crippen molar-refractivity contribution < 1.29 is 14.3 Å². The number of amides is 2. The van der Waals surface area contributed by atoms with E-state index >= 15 is 0 Å². The van der Waals surface area contributed by atoms with Gasteiger partial charge in [-0.15, -0.1) is 24.0 Å². The van der Waals surface area contributed by atoms with Gasteiger partial charge in [-0.2, -0.15) is 0 Å². The third kappa shape index (κ3) is 10.1. The number of carbonyl (C=O) groups excluding carboxylic acids is 2. The number of halogens is 1. The van der Waals surface area contributed by atoms with E-state index in [1.807, 2.05) is 58.9 Å². The third-order valence-corrected chi connectivity index (χ3v) is 4.68. The van der Waals surface area contributed by atoms with Crippen molar-refractivity contribution in [2.45, 2.75) is 65.6 Å². The molecule has 1 fully saturated rings. The molecule has 0 aromatic heterocycles. The lowest BCUT2D eigenvalue weighted by Gasteiger charge is -2.23. The summed E-state index contributed by atoms with van der Waals surface area (Å²) in [5.41, 5.74) is 1.33. The van der Waals surface area contributed by atoms with Crippen molar-refractivity contribution in [3.05, 3.63) is 29.8 Å². The topological polar surface area (TPSA) is 95.1 Å². The molecule has 1 aromatic rings. The Morgan fingerprint density at radius 1 is 1.28 bits per heavy atom. The lowest BCUT2D eigenvalue weighted by Crippen LogP contribution is -2.44. The first-order chi connectivity index (χ1) is 14.6. The van der Waals surface area contributed by atoms with Crippen LogP contribution in [0.15, 0.2) is 29.3 Å². The molecule has 32 heavy (non-hydrogen) atoms. The van der Waals surface area contributed by atoms with E-state index in [2.05, 4.69) is 25.8 Å². The van der Waals surface area contributed by atoms with Gasteiger partial charge in [0.15, 0.2) is 5.96 Å². The molecule has 1 aliphatic rings. The van der Waals surface area contributed by atoms with Crippen molar-refractivity contribution in [1.82, 2.24) is 15.5 Å². The van der Waals surface area contributed by atoms with Crippen LogP contribution in [0.4, 0.5) is 10.5 Å². The van der Waals surface area contributed by atoms with Crippen LogP contribution in [0.1, 0.15) is 53.0 Å². The molecule has 180 valence electrons. The molecule has 0 spiro atoms. The Bertz CT molecular complexity index is 792. The van der Waals surface area contributed by atoms with Gasteiger partial charge in [0.05, 0.1) is 6.04 Å². The van der Waals surface area contributed by atoms with Crippen LogP contribution in [0.2, 0.25) is 0 Å². The van der Waals surface area contributed by atoms with Crippen LogP contribution in [0.5, 0.6) is 0 Å². The first kappa shape index (κ1) is 28.0. The Morgan fingerprint density at radius 3 is 2.62 bits per heavy atom. The first-order valence-electron chi connectivity index (χ1n) is 10.9. The number of alkyl carbamates (subject to hydrolysis) is 1. The van der Waals surface area contributed by atoms with E-state index in [0.29, 0.717) is 25.4 Å². The van der Waals surface area contributed by atoms with Crippen LogP contribution in [0.25, 0.3) is 0 Å². The molecule has 1 unspecified atom stereocenters. The van der Waals surface area contributed by atoms with E-state index in [9.17, 15) is 9.59 Å². The van der Waals surface area contributed by atoms with Crippen molar-refractivity contribution in [2.24, 2.45) is 10.9 Å². The van der Waals surface area contributed by atoms with Crippen LogP contribution in [0, 0.1) is 5.92 Å². The van der Waals surface area contributed by atoms with Crippen molar-refractivity contribution in [3.63, 3.8) is 0 Å². The summed E-state index contributed by atoms with van der Waals surface area (Å²) in [6, 6.07) is 7.82. The van der Waals surface area contributed by atoms with Crippen molar-refractivity contribution >= 4 is 47.6 Å². The zero-order chi connectivity index (χ0) is 23.0. The monoisotopic (exact) mass is 559 g/mol. The fourth-order valence-electron chi connectivity index (χ4n) is 3.40. The summed E-state index contributed by atoms with van der Waals surface area (Å²) in [5.74, 6) is 1.13. The molecule has 1 atom stereocenters. The number of nitrogens with one attached hydrogen (secondary N) is 3. The Kier molecular flexibility index (Phi) is 11.2. The minimum Gasteiger partial charge on any atom is -0.444 e. The van der Waals surface area contributed by atoms with Gasteiger partial charge in [-0.25, -0.2) is 4.79 Å². The summed E-state index contributed by atoms with van der Waals surface area (Å²) < 4.78 is 5.34. The Hall–Kier alpha value is -2.04. The largest absolute Gasteiger partial charge is 0.444 e. The number of aliphatic imine (C=N–C) groups is 1. The molecule has 0 bridgehead atoms. The number of rotatable bonds is 6. The normalized spacial score (nSPS) is 16.4. The second kappa shape index (κ2) is 12.9. The van der Waals surface area contributed by atoms with Gasteiger partial charge < -0.3 is 25.6 Å². The number of nitrogens with zero attached hydrogens (tertiary/aromatic N) is 2. The van der Waals surface area contributed by atoms with E-state index in [-0.39, 0.29) is 35.9 Å². The standard InChI is InChI=1S/C23H37N5O3.HI/c1-16(2)12-20(29)26-18-9-7-8-17(13-18)14-25-21(24-6)28-11-10-19(15-28)27-22(30)31-23(3,4)5;/h7-9,13,16,19H,10-12,14-15H2,1-6H3,(H,24,25)(H,26,29)(H,27,30);1H. The van der Waals surface area contributed by atoms with Crippen LogP contribution in [-0.4, -0.2) is 54.6 Å². The summed E-state index contributed by atoms with van der Waals surface area (Å²) in [4.78, 5) is 30.5. The molecule has 1 saturated heterocycles. The van der Waals surface area contributed by atoms with Gasteiger partial charge in [0, 0.05) is 38.8 Å². The number of guanidine groups is 1. The molecule has 0 aliphatic carbocycles. The summed E-state index contributed by atoms with van der Waals surface area (Å²) >= 11 is 0. The summed E-state index contributed by atoms with van der Waals surface area (Å²) in [5, 5.41) is 9.25. The molecule has 9 heteroatoms. The summed E-state index contributed by atoms with van der Waals surface area (Å²) in [6.07, 6.45) is 0.943. The summed E-state index contributed by atoms with van der Waals surface area (Å²) in [6.45, 7) is 11.7. The van der Waals surface area contributed by atoms with E-state index in [1.54, 1.807) is 7.05 Å². The van der Waals surface area contributed by atoms with Gasteiger partial charge in [0.1, 0.15) is 5.60 Å². The number of hydrogen-bond acceptors (Lipinski definition) is 4. The fourth-order valence-corrected chi connectivity index (χ4v) is 3.40. The van der Waals surface area contributed by atoms with Crippen molar-refractivity contribution in [3.8, 4) is 0 Å². The summed E-state index contributed by atoms with van der Waals surface area (Å²) in [7, 11) is 1.75. The molecule has 2 rings (SSSR count). The van der Waals surface area contributed by atoms with E-state index in [4.69, 9.17) is 4.74 Å². The zero-order valence-corrected chi connectivity index (χ0v) is 22.4. The maximum absolute atomic E-state index is 12.0. The first-order valence-corrected chi connectivity index (χ1v) is 10.9. The fraction of sp³-hybridized carbons (Fsp3) is 0.609. The van der Waals surface area contributed by atoms with Gasteiger partial charge >= 0.3 is 6.09 Å². The maximum Gasteiger partial charge on any atom is 0.407 e. The highest BCUT2D eigenvalue weighted by atomic mass is 127. The smallest absolute Gasteiger partial charge is 0.407 e. The number of hydrogen-bond donors (Lipinski definition) is 3. The van der Waals surface area contributed by atoms with Crippen molar-refractivity contribution in [2.75, 3.05) is 25.5 Å². The quantitative estimate of drug-likeness (QED) is 0.279. The van der Waals surface area contributed by atoms with E-state index in [0.717, 1.165) is 30.2 Å². The van der Waals surface area contributed by atoms with Gasteiger partial charge in [-0.05, 0) is 50.8 Å². The number of anilines is 1. The highest BCUT2D eigenvalue weighted by molar-refractivity contribution is 14.0. The molecule has 2 amide bonds. The molecular weight excluding hydrogens is 521 g/mol. The molecule has 0 saturated carbocycles. The molecule has 1 aromatic carbocycles. The Balaban J connectivity index is 0.00000512. The molecule has 8 nitrogen and oxygen atoms in total. The van der Waals surface area contributed by atoms with Crippen molar-refractivity contribution in [1.29, 1.82) is 0 Å². The minimum absolute atomic E-state index is 0. The molecule has 3 N–H and O–H groups in total. The number of likely N-dealkylation sites (tertiary alicyclic amines) is 1. The lowest BCUT2D eigenvalue weighted by atomic mass is 10.1. The predicted octanol–water partition coefficient (Wildman–Crippen LogP) is 3.96. The molecule has 1 aliphatic heterocycles. The second-order valence-corrected chi connectivity index (χ2v) is 9.33. The third-order valence-electron chi connectivity index (χ3n) is 4.68. The average molecular weight is 559 g/mol. The van der Waals surface area contributed by atoms with Gasteiger partial charge in [0.2, 0.25) is 5.91 Å². The molecule has 0 radical (unpaired) electrons. The number of ether oxygens (including phenoxy) is 1. The van der Waals surface area contributed by atoms with E-state index < -0.39 is 11.7 Å². The SMILES string of the molecule is CN=C(NCc1cccc(NC(=O)CC(C)C)c1)N1CCC(NC(=O)OC(C)(C)C)C1.I.